The van der Waals surface area contributed by atoms with Gasteiger partial charge in [-0.1, -0.05) is 6.07 Å². The van der Waals surface area contributed by atoms with Gasteiger partial charge in [-0.3, -0.25) is 0 Å². The zero-order valence-electron chi connectivity index (χ0n) is 22.0. The van der Waals surface area contributed by atoms with E-state index in [2.05, 4.69) is 26.3 Å². The number of fused-ring (bicyclic) bond motifs is 1. The highest BCUT2D eigenvalue weighted by Crippen LogP contribution is 2.39. The lowest BCUT2D eigenvalue weighted by Crippen LogP contribution is -2.35. The predicted octanol–water partition coefficient (Wildman–Crippen LogP) is 5.75. The number of rotatable bonds is 7. The van der Waals surface area contributed by atoms with Crippen molar-refractivity contribution in [2.24, 2.45) is 10.9 Å². The van der Waals surface area contributed by atoms with E-state index in [1.165, 1.54) is 12.3 Å². The second kappa shape index (κ2) is 11.2. The van der Waals surface area contributed by atoms with Gasteiger partial charge < -0.3 is 29.6 Å². The zero-order chi connectivity index (χ0) is 28.4. The van der Waals surface area contributed by atoms with Gasteiger partial charge in [0, 0.05) is 41.7 Å². The number of aliphatic hydroxyl groups excluding tert-OH is 1. The Morgan fingerprint density at radius 2 is 1.98 bits per heavy atom. The van der Waals surface area contributed by atoms with Gasteiger partial charge in [0.2, 0.25) is 0 Å². The summed E-state index contributed by atoms with van der Waals surface area (Å²) in [5.41, 5.74) is 2.18. The lowest BCUT2D eigenvalue weighted by Gasteiger charge is -2.26. The largest absolute Gasteiger partial charge is 0.490 e. The van der Waals surface area contributed by atoms with E-state index in [-0.39, 0.29) is 48.7 Å². The molecule has 0 saturated carbocycles. The normalized spacial score (nSPS) is 16.8. The molecule has 2 aromatic heterocycles. The third-order valence-electron chi connectivity index (χ3n) is 6.44. The van der Waals surface area contributed by atoms with Crippen LogP contribution in [0.15, 0.2) is 53.8 Å². The third kappa shape index (κ3) is 5.39. The van der Waals surface area contributed by atoms with E-state index in [1.54, 1.807) is 24.4 Å². The first-order valence-electron chi connectivity index (χ1n) is 12.7. The van der Waals surface area contributed by atoms with Crippen LogP contribution in [0.4, 0.5) is 14.5 Å². The molecular weight excluding hydrogens is 520 g/mol. The number of nitrogens with zero attached hydrogens (tertiary/aromatic N) is 3. The fraction of sp³-hybridized carbons (Fsp3) is 0.276. The van der Waals surface area contributed by atoms with Crippen molar-refractivity contribution in [3.8, 4) is 34.4 Å². The van der Waals surface area contributed by atoms with Crippen molar-refractivity contribution in [3.05, 3.63) is 66.0 Å². The van der Waals surface area contributed by atoms with Gasteiger partial charge in [0.15, 0.2) is 17.4 Å². The number of halogens is 2. The molecule has 1 aliphatic heterocycles. The van der Waals surface area contributed by atoms with Crippen molar-refractivity contribution in [2.75, 3.05) is 18.5 Å². The minimum absolute atomic E-state index is 0.0737. The average Bonchev–Trinajstić information content (AvgIpc) is 3.36. The van der Waals surface area contributed by atoms with Gasteiger partial charge in [0.05, 0.1) is 36.3 Å². The van der Waals surface area contributed by atoms with Gasteiger partial charge in [-0.2, -0.15) is 5.26 Å². The number of hydrogen-bond donors (Lipinski definition) is 3. The molecular formula is C29H27F2N5O4. The van der Waals surface area contributed by atoms with E-state index in [1.807, 2.05) is 20.8 Å². The molecule has 0 saturated heterocycles. The molecule has 1 aliphatic rings. The molecule has 2 aromatic carbocycles. The number of H-pyrrole nitrogens is 1. The first-order valence-corrected chi connectivity index (χ1v) is 12.7. The van der Waals surface area contributed by atoms with Crippen molar-refractivity contribution in [1.82, 2.24) is 9.97 Å². The average molecular weight is 548 g/mol. The molecule has 2 unspecified atom stereocenters. The van der Waals surface area contributed by atoms with Crippen LogP contribution >= 0.6 is 0 Å². The fourth-order valence-corrected chi connectivity index (χ4v) is 4.37. The number of aromatic nitrogens is 2. The maximum atomic E-state index is 15.1. The van der Waals surface area contributed by atoms with E-state index < -0.39 is 17.4 Å². The Balaban J connectivity index is 1.46. The van der Waals surface area contributed by atoms with E-state index in [4.69, 9.17) is 14.2 Å². The van der Waals surface area contributed by atoms with Crippen molar-refractivity contribution >= 4 is 22.7 Å². The van der Waals surface area contributed by atoms with Gasteiger partial charge in [0.1, 0.15) is 23.2 Å². The highest BCUT2D eigenvalue weighted by atomic mass is 19.1. The second-order valence-electron chi connectivity index (χ2n) is 9.65. The van der Waals surface area contributed by atoms with Crippen LogP contribution in [0, 0.1) is 28.9 Å². The van der Waals surface area contributed by atoms with Crippen LogP contribution in [-0.4, -0.2) is 46.5 Å². The molecule has 2 atom stereocenters. The number of aliphatic hydroxyl groups is 1. The van der Waals surface area contributed by atoms with Crippen LogP contribution in [0.1, 0.15) is 26.3 Å². The molecule has 11 heteroatoms. The molecule has 0 fully saturated rings. The molecule has 206 valence electrons. The van der Waals surface area contributed by atoms with Crippen molar-refractivity contribution in [3.63, 3.8) is 0 Å². The molecule has 3 heterocycles. The Labute approximate surface area is 229 Å². The van der Waals surface area contributed by atoms with Crippen LogP contribution in [-0.2, 0) is 4.74 Å². The molecule has 0 spiro atoms. The van der Waals surface area contributed by atoms with Crippen molar-refractivity contribution in [2.45, 2.75) is 32.9 Å². The molecule has 40 heavy (non-hydrogen) atoms. The minimum Gasteiger partial charge on any atom is -0.490 e. The summed E-state index contributed by atoms with van der Waals surface area (Å²) < 4.78 is 47.3. The van der Waals surface area contributed by atoms with Crippen molar-refractivity contribution in [1.29, 1.82) is 5.26 Å². The number of nitrogens with one attached hydrogen (secondary N) is 2. The number of ether oxygens (including phenoxy) is 3. The molecule has 0 amide bonds. The summed E-state index contributed by atoms with van der Waals surface area (Å²) in [6.45, 7) is 5.72. The summed E-state index contributed by atoms with van der Waals surface area (Å²) in [5, 5.41) is 22.3. The highest BCUT2D eigenvalue weighted by molar-refractivity contribution is 5.98. The van der Waals surface area contributed by atoms with E-state index in [9.17, 15) is 10.4 Å². The summed E-state index contributed by atoms with van der Waals surface area (Å²) >= 11 is 0. The van der Waals surface area contributed by atoms with Gasteiger partial charge in [0.25, 0.3) is 6.02 Å². The Bertz CT molecular complexity index is 1610. The molecule has 4 aromatic rings. The number of aromatic amines is 1. The molecule has 3 N–H and O–H groups in total. The van der Waals surface area contributed by atoms with Gasteiger partial charge in [-0.05, 0) is 44.5 Å². The molecule has 0 bridgehead atoms. The molecule has 0 radical (unpaired) electrons. The van der Waals surface area contributed by atoms with Crippen molar-refractivity contribution < 1.29 is 28.1 Å². The van der Waals surface area contributed by atoms with Crippen LogP contribution < -0.4 is 14.8 Å². The number of benzene rings is 2. The molecule has 5 rings (SSSR count). The standard InChI is InChI=1S/C29H27F2N5O4/c1-15(2)39-24-5-4-17(8-18(24)11-32)21-12-34-28-26(21)25(6-7-33-28)40-27-22(30)9-20(10-23(27)31)36-29-35-16(3)19(13-37)14-38-29/h4-10,12,15-16,19,37H,13-14H2,1-3H3,(H,33,34)(H,35,36). The maximum absolute atomic E-state index is 15.1. The lowest BCUT2D eigenvalue weighted by molar-refractivity contribution is 0.125. The SMILES string of the molecule is CC(C)Oc1ccc(-c2c[nH]c3nccc(Oc4c(F)cc(NC5=NC(C)C(CO)CO5)cc4F)c23)cc1C#N. The van der Waals surface area contributed by atoms with Crippen LogP contribution in [0.2, 0.25) is 0 Å². The van der Waals surface area contributed by atoms with Gasteiger partial charge in [-0.15, -0.1) is 0 Å². The number of aliphatic imine (C=N–C) groups is 1. The lowest BCUT2D eigenvalue weighted by atomic mass is 10.0. The Kier molecular flexibility index (Phi) is 7.53. The van der Waals surface area contributed by atoms with Gasteiger partial charge >= 0.3 is 0 Å². The van der Waals surface area contributed by atoms with Crippen LogP contribution in [0.25, 0.3) is 22.2 Å². The highest BCUT2D eigenvalue weighted by Gasteiger charge is 2.24. The third-order valence-corrected chi connectivity index (χ3v) is 6.44. The van der Waals surface area contributed by atoms with Gasteiger partial charge in [-0.25, -0.2) is 18.8 Å². The Morgan fingerprint density at radius 1 is 1.20 bits per heavy atom. The first-order chi connectivity index (χ1) is 19.3. The molecule has 9 nitrogen and oxygen atoms in total. The topological polar surface area (TPSA) is 125 Å². The summed E-state index contributed by atoms with van der Waals surface area (Å²) in [6, 6.07) is 10.9. The van der Waals surface area contributed by atoms with E-state index in [0.717, 1.165) is 12.1 Å². The summed E-state index contributed by atoms with van der Waals surface area (Å²) in [7, 11) is 0. The predicted molar refractivity (Wildman–Crippen MR) is 145 cm³/mol. The van der Waals surface area contributed by atoms with Crippen LogP contribution in [0.5, 0.6) is 17.2 Å². The second-order valence-corrected chi connectivity index (χ2v) is 9.65. The Hall–Kier alpha value is -4.69. The van der Waals surface area contributed by atoms with E-state index >= 15 is 8.78 Å². The zero-order valence-corrected chi connectivity index (χ0v) is 22.0. The number of nitriles is 1. The number of pyridine rings is 1. The summed E-state index contributed by atoms with van der Waals surface area (Å²) in [6.07, 6.45) is 3.05. The number of hydrogen-bond acceptors (Lipinski definition) is 8. The van der Waals surface area contributed by atoms with Crippen LogP contribution in [0.3, 0.4) is 0 Å². The smallest absolute Gasteiger partial charge is 0.289 e. The quantitative estimate of drug-likeness (QED) is 0.269. The molecule has 0 aliphatic carbocycles. The fourth-order valence-electron chi connectivity index (χ4n) is 4.37. The summed E-state index contributed by atoms with van der Waals surface area (Å²) in [4.78, 5) is 11.6. The Morgan fingerprint density at radius 3 is 2.65 bits per heavy atom. The van der Waals surface area contributed by atoms with E-state index in [0.29, 0.717) is 33.5 Å². The number of amidine groups is 1. The summed E-state index contributed by atoms with van der Waals surface area (Å²) in [5.74, 6) is -1.99. The maximum Gasteiger partial charge on any atom is 0.289 e. The number of anilines is 1. The monoisotopic (exact) mass is 547 g/mol. The minimum atomic E-state index is -0.941. The first kappa shape index (κ1) is 26.9.